The number of hydrogen-bond acceptors (Lipinski definition) is 5. The normalized spacial score (nSPS) is 16.4. The lowest BCUT2D eigenvalue weighted by Gasteiger charge is -2.23. The summed E-state index contributed by atoms with van der Waals surface area (Å²) >= 11 is 0. The molecule has 5 heteroatoms. The van der Waals surface area contributed by atoms with Crippen LogP contribution in [0.15, 0.2) is 18.2 Å². The predicted molar refractivity (Wildman–Crippen MR) is 71.7 cm³/mol. The minimum Gasteiger partial charge on any atom is -0.486 e. The topological polar surface area (TPSA) is 56.8 Å². The molecule has 5 nitrogen and oxygen atoms in total. The third kappa shape index (κ3) is 3.10. The number of methoxy groups -OCH3 is 1. The summed E-state index contributed by atoms with van der Waals surface area (Å²) in [6, 6.07) is 5.63. The van der Waals surface area contributed by atoms with Gasteiger partial charge in [-0.15, -0.1) is 0 Å². The number of fused-ring (bicyclic) bond motifs is 1. The van der Waals surface area contributed by atoms with Crippen molar-refractivity contribution in [3.05, 3.63) is 18.2 Å². The summed E-state index contributed by atoms with van der Waals surface area (Å²) in [4.78, 5) is 11.5. The Bertz CT molecular complexity index is 461. The molecule has 0 bridgehead atoms. The van der Waals surface area contributed by atoms with Gasteiger partial charge in [-0.25, -0.2) is 0 Å². The van der Waals surface area contributed by atoms with Crippen molar-refractivity contribution in [3.8, 4) is 11.5 Å². The molecule has 1 N–H and O–H groups in total. The van der Waals surface area contributed by atoms with Gasteiger partial charge in [0, 0.05) is 17.8 Å². The fourth-order valence-corrected chi connectivity index (χ4v) is 1.91. The number of hydrogen-bond donors (Lipinski definition) is 1. The zero-order chi connectivity index (χ0) is 13.8. The van der Waals surface area contributed by atoms with Crippen molar-refractivity contribution in [2.45, 2.75) is 19.9 Å². The summed E-state index contributed by atoms with van der Waals surface area (Å²) in [5.74, 6) is 1.04. The number of carbonyl (C=O) groups excluding carboxylic acids is 1. The molecule has 19 heavy (non-hydrogen) atoms. The van der Waals surface area contributed by atoms with Gasteiger partial charge in [0.25, 0.3) is 0 Å². The van der Waals surface area contributed by atoms with Crippen LogP contribution < -0.4 is 14.8 Å². The summed E-state index contributed by atoms with van der Waals surface area (Å²) in [6.45, 7) is 4.92. The van der Waals surface area contributed by atoms with Crippen LogP contribution in [0.2, 0.25) is 0 Å². The van der Waals surface area contributed by atoms with E-state index >= 15 is 0 Å². The Morgan fingerprint density at radius 1 is 1.26 bits per heavy atom. The van der Waals surface area contributed by atoms with Gasteiger partial charge < -0.3 is 19.5 Å². The van der Waals surface area contributed by atoms with Crippen molar-refractivity contribution in [1.82, 2.24) is 0 Å². The van der Waals surface area contributed by atoms with Crippen molar-refractivity contribution in [2.24, 2.45) is 5.92 Å². The second-order valence-electron chi connectivity index (χ2n) is 4.60. The van der Waals surface area contributed by atoms with E-state index in [0.717, 1.165) is 17.2 Å². The van der Waals surface area contributed by atoms with E-state index in [-0.39, 0.29) is 17.9 Å². The number of esters is 1. The van der Waals surface area contributed by atoms with Gasteiger partial charge in [0.15, 0.2) is 11.5 Å². The lowest BCUT2D eigenvalue weighted by molar-refractivity contribution is -0.145. The first-order chi connectivity index (χ1) is 9.11. The number of benzene rings is 1. The fourth-order valence-electron chi connectivity index (χ4n) is 1.91. The molecule has 104 valence electrons. The van der Waals surface area contributed by atoms with Gasteiger partial charge in [0.1, 0.15) is 13.2 Å². The first-order valence-electron chi connectivity index (χ1n) is 6.36. The quantitative estimate of drug-likeness (QED) is 0.845. The molecular formula is C14H19NO4. The maximum Gasteiger partial charge on any atom is 0.310 e. The van der Waals surface area contributed by atoms with E-state index in [1.165, 1.54) is 7.11 Å². The highest BCUT2D eigenvalue weighted by atomic mass is 16.6. The van der Waals surface area contributed by atoms with Crippen LogP contribution >= 0.6 is 0 Å². The molecule has 0 aromatic heterocycles. The molecule has 1 aliphatic heterocycles. The molecule has 0 aliphatic carbocycles. The Morgan fingerprint density at radius 3 is 2.63 bits per heavy atom. The highest BCUT2D eigenvalue weighted by Crippen LogP contribution is 2.33. The van der Waals surface area contributed by atoms with Gasteiger partial charge in [0.2, 0.25) is 0 Å². The summed E-state index contributed by atoms with van der Waals surface area (Å²) < 4.78 is 15.7. The molecule has 1 aromatic carbocycles. The van der Waals surface area contributed by atoms with E-state index in [2.05, 4.69) is 5.32 Å². The zero-order valence-corrected chi connectivity index (χ0v) is 11.4. The van der Waals surface area contributed by atoms with E-state index in [4.69, 9.17) is 14.2 Å². The van der Waals surface area contributed by atoms with E-state index in [1.807, 2.05) is 32.0 Å². The van der Waals surface area contributed by atoms with Crippen molar-refractivity contribution >= 4 is 11.7 Å². The molecule has 2 rings (SSSR count). The number of carbonyl (C=O) groups is 1. The maximum atomic E-state index is 11.5. The van der Waals surface area contributed by atoms with E-state index in [9.17, 15) is 4.79 Å². The van der Waals surface area contributed by atoms with Crippen molar-refractivity contribution in [3.63, 3.8) is 0 Å². The average Bonchev–Trinajstić information content (AvgIpc) is 2.45. The molecule has 0 radical (unpaired) electrons. The zero-order valence-electron chi connectivity index (χ0n) is 11.4. The van der Waals surface area contributed by atoms with Gasteiger partial charge in [-0.3, -0.25) is 4.79 Å². The third-order valence-electron chi connectivity index (χ3n) is 3.26. The number of rotatable bonds is 4. The minimum absolute atomic E-state index is 0.0324. The van der Waals surface area contributed by atoms with Crippen LogP contribution in [0, 0.1) is 5.92 Å². The van der Waals surface area contributed by atoms with Crippen LogP contribution in [-0.2, 0) is 9.53 Å². The second-order valence-corrected chi connectivity index (χ2v) is 4.60. The van der Waals surface area contributed by atoms with Crippen LogP contribution in [0.1, 0.15) is 13.8 Å². The predicted octanol–water partition coefficient (Wildman–Crippen LogP) is 2.07. The molecule has 1 heterocycles. The van der Waals surface area contributed by atoms with Crippen LogP contribution in [0.25, 0.3) is 0 Å². The van der Waals surface area contributed by atoms with Gasteiger partial charge in [-0.1, -0.05) is 0 Å². The second kappa shape index (κ2) is 5.82. The monoisotopic (exact) mass is 265 g/mol. The highest BCUT2D eigenvalue weighted by Gasteiger charge is 2.21. The lowest BCUT2D eigenvalue weighted by atomic mass is 10.0. The fraction of sp³-hybridized carbons (Fsp3) is 0.500. The summed E-state index contributed by atoms with van der Waals surface area (Å²) in [6.07, 6.45) is 0. The van der Waals surface area contributed by atoms with Crippen molar-refractivity contribution < 1.29 is 19.0 Å². The Hall–Kier alpha value is -1.91. The number of ether oxygens (including phenoxy) is 3. The third-order valence-corrected chi connectivity index (χ3v) is 3.26. The average molecular weight is 265 g/mol. The van der Waals surface area contributed by atoms with Crippen LogP contribution in [0.3, 0.4) is 0 Å². The van der Waals surface area contributed by atoms with Gasteiger partial charge in [0.05, 0.1) is 13.0 Å². The molecule has 2 atom stereocenters. The highest BCUT2D eigenvalue weighted by molar-refractivity contribution is 5.73. The van der Waals surface area contributed by atoms with Crippen molar-refractivity contribution in [2.75, 3.05) is 25.6 Å². The maximum absolute atomic E-state index is 11.5. The largest absolute Gasteiger partial charge is 0.486 e. The van der Waals surface area contributed by atoms with E-state index in [1.54, 1.807) is 0 Å². The summed E-state index contributed by atoms with van der Waals surface area (Å²) in [7, 11) is 1.40. The Kier molecular flexibility index (Phi) is 4.14. The molecule has 0 saturated heterocycles. The Morgan fingerprint density at radius 2 is 1.95 bits per heavy atom. The van der Waals surface area contributed by atoms with Crippen LogP contribution in [-0.4, -0.2) is 32.3 Å². The number of anilines is 1. The molecule has 1 aromatic rings. The minimum atomic E-state index is -0.224. The molecular weight excluding hydrogens is 246 g/mol. The SMILES string of the molecule is COC(=O)C(C)C(C)Nc1ccc2c(c1)OCCO2. The summed E-state index contributed by atoms with van der Waals surface area (Å²) in [5, 5.41) is 3.27. The lowest BCUT2D eigenvalue weighted by Crippen LogP contribution is -2.30. The smallest absolute Gasteiger partial charge is 0.310 e. The molecule has 0 amide bonds. The first kappa shape index (κ1) is 13.5. The Balaban J connectivity index is 2.04. The molecule has 0 fully saturated rings. The van der Waals surface area contributed by atoms with Gasteiger partial charge >= 0.3 is 5.97 Å². The van der Waals surface area contributed by atoms with Crippen LogP contribution in [0.4, 0.5) is 5.69 Å². The van der Waals surface area contributed by atoms with Crippen molar-refractivity contribution in [1.29, 1.82) is 0 Å². The molecule has 0 saturated carbocycles. The first-order valence-corrected chi connectivity index (χ1v) is 6.36. The van der Waals surface area contributed by atoms with Gasteiger partial charge in [-0.05, 0) is 26.0 Å². The standard InChI is InChI=1S/C14H19NO4/c1-9(14(16)17-3)10(2)15-11-4-5-12-13(8-11)19-7-6-18-12/h4-5,8-10,15H,6-7H2,1-3H3. The molecule has 0 spiro atoms. The van der Waals surface area contributed by atoms with E-state index in [0.29, 0.717) is 13.2 Å². The van der Waals surface area contributed by atoms with E-state index < -0.39 is 0 Å². The molecule has 2 unspecified atom stereocenters. The Labute approximate surface area is 112 Å². The summed E-state index contributed by atoms with van der Waals surface area (Å²) in [5.41, 5.74) is 0.896. The molecule has 1 aliphatic rings. The van der Waals surface area contributed by atoms with Gasteiger partial charge in [-0.2, -0.15) is 0 Å². The number of nitrogens with one attached hydrogen (secondary N) is 1. The van der Waals surface area contributed by atoms with Crippen LogP contribution in [0.5, 0.6) is 11.5 Å².